The van der Waals surface area contributed by atoms with Crippen LogP contribution in [-0.2, 0) is 26.0 Å². The van der Waals surface area contributed by atoms with Crippen molar-refractivity contribution in [2.75, 3.05) is 26.7 Å². The number of likely N-dealkylation sites (tertiary alicyclic amines) is 1. The predicted octanol–water partition coefficient (Wildman–Crippen LogP) is 4.21. The zero-order valence-electron chi connectivity index (χ0n) is 22.7. The van der Waals surface area contributed by atoms with Crippen LogP contribution >= 0.6 is 27.5 Å². The number of amides is 2. The number of ether oxygens (including phenoxy) is 1. The molecular weight excluding hydrogens is 632 g/mol. The van der Waals surface area contributed by atoms with Crippen LogP contribution < -0.4 is 4.74 Å². The highest BCUT2D eigenvalue weighted by atomic mass is 79.9. The fourth-order valence-corrected chi connectivity index (χ4v) is 8.13. The minimum atomic E-state index is -4.25. The Morgan fingerprint density at radius 3 is 2.37 bits per heavy atom. The number of hydrogen-bond donors (Lipinski definition) is 0. The van der Waals surface area contributed by atoms with Gasteiger partial charge in [-0.3, -0.25) is 19.4 Å². The number of halogens is 2. The third-order valence-corrected chi connectivity index (χ3v) is 10.8. The Labute approximate surface area is 253 Å². The third kappa shape index (κ3) is 5.37. The Balaban J connectivity index is 1.49. The van der Waals surface area contributed by atoms with Crippen molar-refractivity contribution in [3.05, 3.63) is 69.5 Å². The normalized spacial score (nSPS) is 23.9. The molecule has 4 aliphatic rings. The standard InChI is InChI=1S/C29H32BrClN4O5S/c1-40-25-12-9-21(31)16-26(25)41(38,39)34-17-24(32-13-3-2-4-14-32)29(37)35-23(15-19-5-7-20(30)8-6-19)28(36)33(18-27(34)35)22-10-11-22/h5-9,12,16,18,22-24H,2-4,10-11,13-15,17H2,1H3. The largest absolute Gasteiger partial charge is 0.495 e. The van der Waals surface area contributed by atoms with Crippen LogP contribution in [0.4, 0.5) is 0 Å². The van der Waals surface area contributed by atoms with Crippen LogP contribution in [0.3, 0.4) is 0 Å². The second-order valence-electron chi connectivity index (χ2n) is 11.0. The lowest BCUT2D eigenvalue weighted by Crippen LogP contribution is -2.67. The lowest BCUT2D eigenvalue weighted by atomic mass is 9.98. The van der Waals surface area contributed by atoms with E-state index in [1.165, 1.54) is 28.4 Å². The van der Waals surface area contributed by atoms with Crippen LogP contribution in [-0.4, -0.2) is 84.1 Å². The van der Waals surface area contributed by atoms with E-state index < -0.39 is 22.1 Å². The maximum absolute atomic E-state index is 14.5. The molecule has 2 aromatic carbocycles. The molecule has 2 unspecified atom stereocenters. The van der Waals surface area contributed by atoms with Crippen LogP contribution in [0.15, 0.2) is 63.9 Å². The van der Waals surface area contributed by atoms with E-state index in [0.29, 0.717) is 13.1 Å². The van der Waals surface area contributed by atoms with E-state index in [1.54, 1.807) is 17.2 Å². The predicted molar refractivity (Wildman–Crippen MR) is 158 cm³/mol. The van der Waals surface area contributed by atoms with E-state index in [2.05, 4.69) is 20.8 Å². The number of benzene rings is 2. The summed E-state index contributed by atoms with van der Waals surface area (Å²) in [6.45, 7) is 1.32. The minimum absolute atomic E-state index is 0.00949. The molecule has 3 heterocycles. The summed E-state index contributed by atoms with van der Waals surface area (Å²) in [5.74, 6) is -0.0812. The summed E-state index contributed by atoms with van der Waals surface area (Å²) < 4.78 is 36.6. The molecule has 41 heavy (non-hydrogen) atoms. The van der Waals surface area contributed by atoms with Gasteiger partial charge in [-0.15, -0.1) is 0 Å². The molecule has 0 bridgehead atoms. The number of fused-ring (bicyclic) bond motifs is 1. The fraction of sp³-hybridized carbons (Fsp3) is 0.448. The zero-order chi connectivity index (χ0) is 28.9. The monoisotopic (exact) mass is 662 g/mol. The van der Waals surface area contributed by atoms with Crippen LogP contribution in [0.2, 0.25) is 5.02 Å². The number of carbonyl (C=O) groups excluding carboxylic acids is 2. The SMILES string of the molecule is COc1ccc(Cl)cc1S(=O)(=O)N1CC(N2CCCCC2)C(=O)N2C1=CN(C1CC1)C(=O)C2Cc1ccc(Br)cc1. The Morgan fingerprint density at radius 1 is 1.00 bits per heavy atom. The van der Waals surface area contributed by atoms with E-state index in [1.807, 2.05) is 24.3 Å². The number of carbonyl (C=O) groups is 2. The first-order valence-corrected chi connectivity index (χ1v) is 16.5. The highest BCUT2D eigenvalue weighted by molar-refractivity contribution is 9.10. The summed E-state index contributed by atoms with van der Waals surface area (Å²) in [5, 5.41) is 0.252. The summed E-state index contributed by atoms with van der Waals surface area (Å²) >= 11 is 9.72. The average Bonchev–Trinajstić information content (AvgIpc) is 3.81. The maximum Gasteiger partial charge on any atom is 0.269 e. The Bertz CT molecular complexity index is 1490. The fourth-order valence-electron chi connectivity index (χ4n) is 5.99. The number of piperidine rings is 1. The van der Waals surface area contributed by atoms with Gasteiger partial charge in [-0.1, -0.05) is 46.1 Å². The summed E-state index contributed by atoms with van der Waals surface area (Å²) in [6.07, 6.45) is 6.42. The van der Waals surface area contributed by atoms with Gasteiger partial charge in [0.15, 0.2) is 0 Å². The van der Waals surface area contributed by atoms with Crippen molar-refractivity contribution in [2.45, 2.75) is 61.5 Å². The number of methoxy groups -OCH3 is 1. The first-order valence-electron chi connectivity index (χ1n) is 13.9. The topological polar surface area (TPSA) is 90.5 Å². The van der Waals surface area contributed by atoms with Crippen molar-refractivity contribution in [3.8, 4) is 5.75 Å². The zero-order valence-corrected chi connectivity index (χ0v) is 25.9. The molecule has 2 saturated heterocycles. The van der Waals surface area contributed by atoms with Gasteiger partial charge in [-0.2, -0.15) is 0 Å². The second kappa shape index (κ2) is 11.2. The first kappa shape index (κ1) is 28.5. The minimum Gasteiger partial charge on any atom is -0.495 e. The lowest BCUT2D eigenvalue weighted by molar-refractivity contribution is -0.152. The molecule has 0 spiro atoms. The maximum atomic E-state index is 14.5. The summed E-state index contributed by atoms with van der Waals surface area (Å²) in [5.41, 5.74) is 0.877. The van der Waals surface area contributed by atoms with Gasteiger partial charge in [-0.25, -0.2) is 12.7 Å². The molecule has 6 rings (SSSR count). The summed E-state index contributed by atoms with van der Waals surface area (Å²) in [6, 6.07) is 10.5. The molecule has 2 aromatic rings. The highest BCUT2D eigenvalue weighted by Gasteiger charge is 2.53. The van der Waals surface area contributed by atoms with Crippen molar-refractivity contribution in [1.82, 2.24) is 19.0 Å². The van der Waals surface area contributed by atoms with E-state index in [-0.39, 0.29) is 52.3 Å². The summed E-state index contributed by atoms with van der Waals surface area (Å²) in [4.78, 5) is 33.4. The van der Waals surface area contributed by atoms with Gasteiger partial charge in [0, 0.05) is 28.2 Å². The molecule has 3 aliphatic heterocycles. The smallest absolute Gasteiger partial charge is 0.269 e. The van der Waals surface area contributed by atoms with E-state index in [0.717, 1.165) is 42.1 Å². The number of hydrogen-bond acceptors (Lipinski definition) is 6. The molecule has 0 radical (unpaired) electrons. The van der Waals surface area contributed by atoms with Gasteiger partial charge in [0.05, 0.1) is 13.7 Å². The Kier molecular flexibility index (Phi) is 7.82. The van der Waals surface area contributed by atoms with Crippen molar-refractivity contribution >= 4 is 49.4 Å². The molecule has 218 valence electrons. The van der Waals surface area contributed by atoms with Gasteiger partial charge in [-0.05, 0) is 74.7 Å². The van der Waals surface area contributed by atoms with Crippen molar-refractivity contribution in [3.63, 3.8) is 0 Å². The van der Waals surface area contributed by atoms with Crippen molar-refractivity contribution < 1.29 is 22.7 Å². The van der Waals surface area contributed by atoms with E-state index >= 15 is 0 Å². The molecule has 3 fully saturated rings. The Morgan fingerprint density at radius 2 is 1.71 bits per heavy atom. The molecule has 2 atom stereocenters. The molecule has 1 saturated carbocycles. The molecule has 0 aromatic heterocycles. The van der Waals surface area contributed by atoms with Gasteiger partial charge in [0.1, 0.15) is 28.5 Å². The number of sulfonamides is 1. The van der Waals surface area contributed by atoms with Crippen LogP contribution in [0.1, 0.15) is 37.7 Å². The molecule has 9 nitrogen and oxygen atoms in total. The van der Waals surface area contributed by atoms with Crippen LogP contribution in [0.25, 0.3) is 0 Å². The van der Waals surface area contributed by atoms with Gasteiger partial charge in [0.25, 0.3) is 10.0 Å². The van der Waals surface area contributed by atoms with Crippen molar-refractivity contribution in [1.29, 1.82) is 0 Å². The molecule has 12 heteroatoms. The lowest BCUT2D eigenvalue weighted by Gasteiger charge is -2.50. The van der Waals surface area contributed by atoms with E-state index in [4.69, 9.17) is 16.3 Å². The van der Waals surface area contributed by atoms with Crippen molar-refractivity contribution in [2.24, 2.45) is 0 Å². The van der Waals surface area contributed by atoms with Gasteiger partial charge >= 0.3 is 0 Å². The average molecular weight is 664 g/mol. The third-order valence-electron chi connectivity index (χ3n) is 8.28. The van der Waals surface area contributed by atoms with Gasteiger partial charge in [0.2, 0.25) is 11.8 Å². The quantitative estimate of drug-likeness (QED) is 0.441. The first-order chi connectivity index (χ1) is 19.7. The Hall–Kier alpha value is -2.60. The molecule has 0 N–H and O–H groups in total. The summed E-state index contributed by atoms with van der Waals surface area (Å²) in [7, 11) is -2.84. The molecular formula is C29H32BrClN4O5S. The van der Waals surface area contributed by atoms with E-state index in [9.17, 15) is 18.0 Å². The van der Waals surface area contributed by atoms with Crippen LogP contribution in [0.5, 0.6) is 5.75 Å². The molecule has 2 amide bonds. The van der Waals surface area contributed by atoms with Gasteiger partial charge < -0.3 is 9.64 Å². The number of nitrogens with zero attached hydrogens (tertiary/aromatic N) is 4. The molecule has 1 aliphatic carbocycles. The second-order valence-corrected chi connectivity index (χ2v) is 14.1. The number of rotatable bonds is 7. The van der Waals surface area contributed by atoms with Crippen LogP contribution in [0, 0.1) is 0 Å². The highest BCUT2D eigenvalue weighted by Crippen LogP contribution is 2.40.